The molecule has 1 fully saturated rings. The third-order valence-electron chi connectivity index (χ3n) is 6.45. The molecule has 0 spiro atoms. The minimum atomic E-state index is 0.193. The summed E-state index contributed by atoms with van der Waals surface area (Å²) in [6.07, 6.45) is 8.58. The van der Waals surface area contributed by atoms with Crippen LogP contribution in [0.5, 0.6) is 0 Å². The molecule has 0 radical (unpaired) electrons. The Hall–Kier alpha value is -2.71. The van der Waals surface area contributed by atoms with E-state index in [1.807, 2.05) is 24.8 Å². The van der Waals surface area contributed by atoms with Gasteiger partial charge < -0.3 is 14.0 Å². The highest BCUT2D eigenvalue weighted by atomic mass is 16.1. The molecule has 0 saturated carbocycles. The lowest BCUT2D eigenvalue weighted by molar-refractivity contribution is 0.113. The van der Waals surface area contributed by atoms with Crippen LogP contribution < -0.4 is 5.56 Å². The molecule has 30 heavy (non-hydrogen) atoms. The van der Waals surface area contributed by atoms with Crippen molar-refractivity contribution in [3.8, 4) is 0 Å². The van der Waals surface area contributed by atoms with Crippen LogP contribution in [0.2, 0.25) is 0 Å². The second kappa shape index (κ2) is 8.20. The maximum atomic E-state index is 13.2. The molecule has 2 aliphatic rings. The van der Waals surface area contributed by atoms with Gasteiger partial charge in [0.15, 0.2) is 0 Å². The lowest BCUT2D eigenvalue weighted by Crippen LogP contribution is -2.47. The molecule has 5 heterocycles. The molecule has 1 N–H and O–H groups in total. The molecule has 8 heteroatoms. The molecule has 3 aromatic rings. The number of fused-ring (bicyclic) bond motifs is 4. The zero-order valence-electron chi connectivity index (χ0n) is 17.4. The number of likely N-dealkylation sites (N-methyl/N-ethyl adjacent to an activating group) is 1. The van der Waals surface area contributed by atoms with E-state index in [9.17, 15) is 4.79 Å². The van der Waals surface area contributed by atoms with E-state index in [0.29, 0.717) is 18.4 Å². The van der Waals surface area contributed by atoms with Crippen LogP contribution in [0, 0.1) is 5.92 Å². The van der Waals surface area contributed by atoms with Crippen molar-refractivity contribution in [3.63, 3.8) is 0 Å². The van der Waals surface area contributed by atoms with E-state index in [0.717, 1.165) is 50.5 Å². The summed E-state index contributed by atoms with van der Waals surface area (Å²) in [5, 5.41) is 7.13. The van der Waals surface area contributed by atoms with Crippen molar-refractivity contribution in [2.75, 3.05) is 26.7 Å². The monoisotopic (exact) mass is 407 g/mol. The Morgan fingerprint density at radius 3 is 2.93 bits per heavy atom. The van der Waals surface area contributed by atoms with Gasteiger partial charge in [-0.05, 0) is 31.5 Å². The van der Waals surface area contributed by atoms with E-state index >= 15 is 0 Å². The SMILES string of the molecule is CN(CCn1ccnc1)Cc1ccc2n(c1=O)C[C@H]1C[C@@H]2CN(Cc2ccn[nH]2)C1. The summed E-state index contributed by atoms with van der Waals surface area (Å²) in [6.45, 7) is 6.20. The molecule has 5 rings (SSSR count). The van der Waals surface area contributed by atoms with Gasteiger partial charge in [-0.1, -0.05) is 6.07 Å². The van der Waals surface area contributed by atoms with Crippen molar-refractivity contribution >= 4 is 0 Å². The van der Waals surface area contributed by atoms with E-state index < -0.39 is 0 Å². The van der Waals surface area contributed by atoms with E-state index in [1.54, 1.807) is 6.20 Å². The number of aromatic nitrogens is 5. The predicted molar refractivity (Wildman–Crippen MR) is 114 cm³/mol. The number of hydrogen-bond donors (Lipinski definition) is 1. The minimum absolute atomic E-state index is 0.193. The molecule has 0 aliphatic carbocycles. The van der Waals surface area contributed by atoms with Crippen LogP contribution in [-0.4, -0.2) is 60.8 Å². The van der Waals surface area contributed by atoms with Crippen molar-refractivity contribution < 1.29 is 0 Å². The van der Waals surface area contributed by atoms with Crippen molar-refractivity contribution in [1.29, 1.82) is 0 Å². The standard InChI is InChI=1S/C22H29N7O/c1-26(8-9-27-7-6-23-16-27)13-18-2-3-21-19-10-17(12-29(21)22(18)30)11-28(14-19)15-20-4-5-24-25-20/h2-7,16-17,19H,8-15H2,1H3,(H,24,25)/t17-,19+/m0/s1. The highest BCUT2D eigenvalue weighted by Gasteiger charge is 2.35. The van der Waals surface area contributed by atoms with Gasteiger partial charge in [0.2, 0.25) is 0 Å². The Balaban J connectivity index is 1.27. The highest BCUT2D eigenvalue weighted by molar-refractivity contribution is 5.22. The molecule has 0 amide bonds. The first-order valence-electron chi connectivity index (χ1n) is 10.7. The summed E-state index contributed by atoms with van der Waals surface area (Å²) in [4.78, 5) is 22.0. The molecule has 1 saturated heterocycles. The number of aromatic amines is 1. The summed E-state index contributed by atoms with van der Waals surface area (Å²) in [5.41, 5.74) is 3.44. The van der Waals surface area contributed by atoms with E-state index in [2.05, 4.69) is 53.3 Å². The molecule has 2 atom stereocenters. The summed E-state index contributed by atoms with van der Waals surface area (Å²) in [5.74, 6) is 0.965. The maximum Gasteiger partial charge on any atom is 0.255 e. The Kier molecular flexibility index (Phi) is 5.26. The lowest BCUT2D eigenvalue weighted by atomic mass is 9.83. The minimum Gasteiger partial charge on any atom is -0.336 e. The molecule has 0 aromatic carbocycles. The summed E-state index contributed by atoms with van der Waals surface area (Å²) >= 11 is 0. The second-order valence-corrected chi connectivity index (χ2v) is 8.81. The number of nitrogens with zero attached hydrogens (tertiary/aromatic N) is 6. The van der Waals surface area contributed by atoms with Crippen LogP contribution in [0.1, 0.15) is 29.3 Å². The predicted octanol–water partition coefficient (Wildman–Crippen LogP) is 1.52. The third kappa shape index (κ3) is 3.97. The summed E-state index contributed by atoms with van der Waals surface area (Å²) in [6, 6.07) is 6.29. The number of pyridine rings is 1. The number of likely N-dealkylation sites (tertiary alicyclic amines) is 1. The van der Waals surface area contributed by atoms with E-state index in [1.165, 1.54) is 12.1 Å². The van der Waals surface area contributed by atoms with Crippen LogP contribution in [0.4, 0.5) is 0 Å². The third-order valence-corrected chi connectivity index (χ3v) is 6.45. The van der Waals surface area contributed by atoms with Crippen molar-refractivity contribution in [1.82, 2.24) is 34.1 Å². The molecule has 3 aromatic heterocycles. The highest BCUT2D eigenvalue weighted by Crippen LogP contribution is 2.35. The molecule has 158 valence electrons. The van der Waals surface area contributed by atoms with Gasteiger partial charge in [-0.3, -0.25) is 14.8 Å². The van der Waals surface area contributed by atoms with Crippen LogP contribution in [0.15, 0.2) is 47.9 Å². The van der Waals surface area contributed by atoms with Crippen molar-refractivity contribution in [3.05, 3.63) is 70.4 Å². The molecule has 8 nitrogen and oxygen atoms in total. The van der Waals surface area contributed by atoms with Gasteiger partial charge in [-0.25, -0.2) is 4.98 Å². The number of H-pyrrole nitrogens is 1. The van der Waals surface area contributed by atoms with Crippen LogP contribution >= 0.6 is 0 Å². The average Bonchev–Trinajstić information content (AvgIpc) is 3.43. The smallest absolute Gasteiger partial charge is 0.255 e. The van der Waals surface area contributed by atoms with Crippen LogP contribution in [0.25, 0.3) is 0 Å². The van der Waals surface area contributed by atoms with Crippen molar-refractivity contribution in [2.24, 2.45) is 5.92 Å². The maximum absolute atomic E-state index is 13.2. The second-order valence-electron chi connectivity index (χ2n) is 8.81. The first-order valence-corrected chi connectivity index (χ1v) is 10.7. The number of nitrogens with one attached hydrogen (secondary N) is 1. The first kappa shape index (κ1) is 19.3. The van der Waals surface area contributed by atoms with Crippen LogP contribution in [-0.2, 0) is 26.2 Å². The first-order chi connectivity index (χ1) is 14.7. The Morgan fingerprint density at radius 2 is 2.13 bits per heavy atom. The Morgan fingerprint density at radius 1 is 1.20 bits per heavy atom. The van der Waals surface area contributed by atoms with Crippen molar-refractivity contribution in [2.45, 2.75) is 38.5 Å². The largest absolute Gasteiger partial charge is 0.336 e. The van der Waals surface area contributed by atoms with Gasteiger partial charge in [0.05, 0.1) is 6.33 Å². The summed E-state index contributed by atoms with van der Waals surface area (Å²) < 4.78 is 4.12. The fraction of sp³-hybridized carbons (Fsp3) is 0.500. The number of piperidine rings is 1. The van der Waals surface area contributed by atoms with Gasteiger partial charge in [0, 0.05) is 87.3 Å². The van der Waals surface area contributed by atoms with E-state index in [-0.39, 0.29) is 5.56 Å². The number of hydrogen-bond acceptors (Lipinski definition) is 5. The zero-order valence-corrected chi connectivity index (χ0v) is 17.4. The van der Waals surface area contributed by atoms with Gasteiger partial charge in [0.1, 0.15) is 0 Å². The molecule has 2 bridgehead atoms. The normalized spacial score (nSPS) is 21.1. The topological polar surface area (TPSA) is 75.0 Å². The Bertz CT molecular complexity index is 1020. The lowest BCUT2D eigenvalue weighted by Gasteiger charge is -2.42. The number of rotatable bonds is 7. The van der Waals surface area contributed by atoms with Gasteiger partial charge in [-0.2, -0.15) is 5.10 Å². The quantitative estimate of drug-likeness (QED) is 0.643. The van der Waals surface area contributed by atoms with Gasteiger partial charge >= 0.3 is 0 Å². The molecule has 2 aliphatic heterocycles. The number of imidazole rings is 1. The fourth-order valence-electron chi connectivity index (χ4n) is 5.03. The van der Waals surface area contributed by atoms with Crippen LogP contribution in [0.3, 0.4) is 0 Å². The fourth-order valence-corrected chi connectivity index (χ4v) is 5.03. The summed E-state index contributed by atoms with van der Waals surface area (Å²) in [7, 11) is 2.07. The molecular weight excluding hydrogens is 378 g/mol. The Labute approximate surface area is 176 Å². The van der Waals surface area contributed by atoms with Gasteiger partial charge in [0.25, 0.3) is 5.56 Å². The van der Waals surface area contributed by atoms with E-state index in [4.69, 9.17) is 0 Å². The average molecular weight is 408 g/mol. The molecule has 0 unspecified atom stereocenters. The molecular formula is C22H29N7O. The van der Waals surface area contributed by atoms with Gasteiger partial charge in [-0.15, -0.1) is 0 Å². The zero-order chi connectivity index (χ0) is 20.5.